The number of rotatable bonds is 11. The molecule has 0 radical (unpaired) electrons. The van der Waals surface area contributed by atoms with Crippen molar-refractivity contribution in [2.75, 3.05) is 6.61 Å². The SMILES string of the molecule is CCOC(=O)[C@H](C)C[C@H](Cc1ccc(-c2ccccc2)cc1)NC(=O)CCC(=O)[O-].[Ca+2]. The van der Waals surface area contributed by atoms with Gasteiger partial charge in [-0.1, -0.05) is 61.5 Å². The molecule has 6 nitrogen and oxygen atoms in total. The van der Waals surface area contributed by atoms with Crippen LogP contribution >= 0.6 is 0 Å². The Kier molecular flexibility index (Phi) is 12.5. The van der Waals surface area contributed by atoms with Crippen LogP contribution in [0.4, 0.5) is 0 Å². The number of carbonyl (C=O) groups excluding carboxylic acids is 3. The first-order valence-electron chi connectivity index (χ1n) is 10.2. The summed E-state index contributed by atoms with van der Waals surface area (Å²) in [6.07, 6.45) is 0.434. The smallest absolute Gasteiger partial charge is 0.550 e. The van der Waals surface area contributed by atoms with Crippen molar-refractivity contribution in [3.05, 3.63) is 60.2 Å². The molecule has 2 atom stereocenters. The van der Waals surface area contributed by atoms with Crippen molar-refractivity contribution in [2.45, 2.75) is 45.6 Å². The number of nitrogens with one attached hydrogen (secondary N) is 1. The monoisotopic (exact) mass is 450 g/mol. The van der Waals surface area contributed by atoms with Gasteiger partial charge in [-0.25, -0.2) is 0 Å². The fraction of sp³-hybridized carbons (Fsp3) is 0.375. The van der Waals surface area contributed by atoms with Crippen LogP contribution in [0.2, 0.25) is 0 Å². The third-order valence-electron chi connectivity index (χ3n) is 4.79. The van der Waals surface area contributed by atoms with Crippen LogP contribution in [0.25, 0.3) is 11.1 Å². The topological polar surface area (TPSA) is 95.5 Å². The zero-order chi connectivity index (χ0) is 21.9. The van der Waals surface area contributed by atoms with Crippen LogP contribution in [-0.2, 0) is 25.5 Å². The summed E-state index contributed by atoms with van der Waals surface area (Å²) in [5.41, 5.74) is 3.22. The average molecular weight is 451 g/mol. The van der Waals surface area contributed by atoms with Gasteiger partial charge in [0.05, 0.1) is 12.5 Å². The number of hydrogen-bond acceptors (Lipinski definition) is 5. The number of benzene rings is 2. The largest absolute Gasteiger partial charge is 2.00 e. The number of aliphatic carboxylic acids is 1. The van der Waals surface area contributed by atoms with E-state index in [1.165, 1.54) is 0 Å². The van der Waals surface area contributed by atoms with Crippen LogP contribution in [0.1, 0.15) is 38.7 Å². The molecule has 0 bridgehead atoms. The van der Waals surface area contributed by atoms with Crippen LogP contribution in [0.5, 0.6) is 0 Å². The number of carbonyl (C=O) groups is 3. The summed E-state index contributed by atoms with van der Waals surface area (Å²) >= 11 is 0. The van der Waals surface area contributed by atoms with E-state index in [-0.39, 0.29) is 74.4 Å². The van der Waals surface area contributed by atoms with E-state index in [1.807, 2.05) is 54.6 Å². The Morgan fingerprint density at radius 2 is 1.58 bits per heavy atom. The summed E-state index contributed by atoms with van der Waals surface area (Å²) < 4.78 is 5.07. The maximum absolute atomic E-state index is 12.1. The summed E-state index contributed by atoms with van der Waals surface area (Å²) in [5.74, 6) is -2.34. The second-order valence-corrected chi connectivity index (χ2v) is 7.29. The van der Waals surface area contributed by atoms with Gasteiger partial charge in [0, 0.05) is 18.4 Å². The molecular weight excluding hydrogens is 422 g/mol. The summed E-state index contributed by atoms with van der Waals surface area (Å²) in [6.45, 7) is 3.81. The fourth-order valence-corrected chi connectivity index (χ4v) is 3.26. The molecular formula is C24H28CaNO5+. The first kappa shape index (κ1) is 27.1. The second kappa shape index (κ2) is 14.2. The number of ether oxygens (including phenoxy) is 1. The van der Waals surface area contributed by atoms with E-state index < -0.39 is 5.97 Å². The predicted molar refractivity (Wildman–Crippen MR) is 118 cm³/mol. The summed E-state index contributed by atoms with van der Waals surface area (Å²) in [7, 11) is 0. The van der Waals surface area contributed by atoms with E-state index in [0.29, 0.717) is 19.4 Å². The summed E-state index contributed by atoms with van der Waals surface area (Å²) in [6, 6.07) is 17.7. The Morgan fingerprint density at radius 3 is 2.16 bits per heavy atom. The van der Waals surface area contributed by atoms with Crippen LogP contribution in [0, 0.1) is 5.92 Å². The maximum atomic E-state index is 12.1. The molecule has 1 N–H and O–H groups in total. The van der Waals surface area contributed by atoms with E-state index in [1.54, 1.807) is 13.8 Å². The van der Waals surface area contributed by atoms with Crippen molar-refractivity contribution in [3.63, 3.8) is 0 Å². The number of hydrogen-bond donors (Lipinski definition) is 1. The molecule has 0 aliphatic carbocycles. The molecule has 1 amide bonds. The van der Waals surface area contributed by atoms with Gasteiger partial charge in [-0.15, -0.1) is 0 Å². The molecule has 0 aliphatic heterocycles. The molecule has 2 aromatic carbocycles. The van der Waals surface area contributed by atoms with Crippen LogP contribution < -0.4 is 10.4 Å². The zero-order valence-corrected chi connectivity index (χ0v) is 20.3. The molecule has 2 rings (SSSR count). The Hall–Kier alpha value is -1.89. The van der Waals surface area contributed by atoms with Crippen molar-refractivity contribution in [3.8, 4) is 11.1 Å². The van der Waals surface area contributed by atoms with E-state index >= 15 is 0 Å². The second-order valence-electron chi connectivity index (χ2n) is 7.29. The van der Waals surface area contributed by atoms with Crippen molar-refractivity contribution < 1.29 is 24.2 Å². The summed E-state index contributed by atoms with van der Waals surface area (Å²) in [4.78, 5) is 34.8. The molecule has 2 aromatic rings. The van der Waals surface area contributed by atoms with Crippen molar-refractivity contribution in [1.29, 1.82) is 0 Å². The van der Waals surface area contributed by atoms with E-state index in [4.69, 9.17) is 4.74 Å². The molecule has 0 spiro atoms. The number of carboxylic acids is 1. The molecule has 160 valence electrons. The van der Waals surface area contributed by atoms with Gasteiger partial charge >= 0.3 is 43.7 Å². The van der Waals surface area contributed by atoms with Gasteiger partial charge in [0.2, 0.25) is 5.91 Å². The molecule has 0 heterocycles. The van der Waals surface area contributed by atoms with Crippen molar-refractivity contribution in [1.82, 2.24) is 5.32 Å². The maximum Gasteiger partial charge on any atom is 2.00 e. The Bertz CT molecular complexity index is 839. The molecule has 7 heteroatoms. The molecule has 0 fully saturated rings. The zero-order valence-electron chi connectivity index (χ0n) is 18.1. The van der Waals surface area contributed by atoms with Gasteiger partial charge in [0.25, 0.3) is 0 Å². The van der Waals surface area contributed by atoms with E-state index in [9.17, 15) is 19.5 Å². The minimum atomic E-state index is -1.27. The van der Waals surface area contributed by atoms with Gasteiger partial charge in [-0.3, -0.25) is 9.59 Å². The van der Waals surface area contributed by atoms with Gasteiger partial charge in [0.1, 0.15) is 0 Å². The molecule has 31 heavy (non-hydrogen) atoms. The molecule has 0 saturated heterocycles. The standard InChI is InChI=1S/C24H29NO5.Ca/c1-3-30-24(29)17(2)15-21(25-22(26)13-14-23(27)28)16-18-9-11-20(12-10-18)19-7-5-4-6-8-19;/h4-12,17,21H,3,13-16H2,1-2H3,(H,25,26)(H,27,28);/q;+2/p-1/t17-,21-;/m1./s1. The van der Waals surface area contributed by atoms with Crippen LogP contribution in [0.15, 0.2) is 54.6 Å². The summed E-state index contributed by atoms with van der Waals surface area (Å²) in [5, 5.41) is 13.5. The van der Waals surface area contributed by atoms with E-state index in [0.717, 1.165) is 16.7 Å². The van der Waals surface area contributed by atoms with Gasteiger partial charge in [0.15, 0.2) is 0 Å². The molecule has 0 aromatic heterocycles. The fourth-order valence-electron chi connectivity index (χ4n) is 3.26. The van der Waals surface area contributed by atoms with Crippen LogP contribution in [0.3, 0.4) is 0 Å². The molecule has 0 aliphatic rings. The van der Waals surface area contributed by atoms with Crippen molar-refractivity contribution >= 4 is 55.6 Å². The minimum absolute atomic E-state index is 0. The van der Waals surface area contributed by atoms with Gasteiger partial charge in [-0.2, -0.15) is 0 Å². The third-order valence-corrected chi connectivity index (χ3v) is 4.79. The number of esters is 1. The first-order chi connectivity index (χ1) is 14.4. The van der Waals surface area contributed by atoms with Crippen LogP contribution in [-0.4, -0.2) is 68.2 Å². The van der Waals surface area contributed by atoms with Gasteiger partial charge in [-0.05, 0) is 42.9 Å². The number of carboxylic acid groups (broad SMARTS) is 1. The Morgan fingerprint density at radius 1 is 0.968 bits per heavy atom. The van der Waals surface area contributed by atoms with Gasteiger partial charge < -0.3 is 20.0 Å². The third kappa shape index (κ3) is 9.85. The van der Waals surface area contributed by atoms with Crippen molar-refractivity contribution in [2.24, 2.45) is 5.92 Å². The number of amides is 1. The quantitative estimate of drug-likeness (QED) is 0.418. The molecule has 0 saturated carbocycles. The average Bonchev–Trinajstić information content (AvgIpc) is 2.73. The normalized spacial score (nSPS) is 12.2. The van der Waals surface area contributed by atoms with E-state index in [2.05, 4.69) is 5.32 Å². The molecule has 0 unspecified atom stereocenters. The predicted octanol–water partition coefficient (Wildman–Crippen LogP) is 2.12. The minimum Gasteiger partial charge on any atom is -0.550 e. The Labute approximate surface area is 213 Å². The first-order valence-corrected chi connectivity index (χ1v) is 10.2. The Balaban J connectivity index is 0.00000480.